The Kier molecular flexibility index (Phi) is 4.68. The lowest BCUT2D eigenvalue weighted by Crippen LogP contribution is -2.16. The predicted molar refractivity (Wildman–Crippen MR) is 93.8 cm³/mol. The van der Waals surface area contributed by atoms with Crippen LogP contribution in [0.5, 0.6) is 5.75 Å². The van der Waals surface area contributed by atoms with Gasteiger partial charge in [0.2, 0.25) is 4.96 Å². The number of nitrogens with zero attached hydrogens (tertiary/aromatic N) is 3. The standard InChI is InChI=1S/C16H17N3O2S2/c1-4-22-16-18-19-14(20)8-12(17-15(19)23-16)9-21-13-7-10(2)5-6-11(13)3/h5-8H,4,9H2,1-3H3. The van der Waals surface area contributed by atoms with Crippen molar-refractivity contribution in [1.29, 1.82) is 0 Å². The molecule has 3 aromatic rings. The molecule has 0 saturated heterocycles. The van der Waals surface area contributed by atoms with Gasteiger partial charge in [0.15, 0.2) is 4.34 Å². The summed E-state index contributed by atoms with van der Waals surface area (Å²) in [6, 6.07) is 7.54. The Morgan fingerprint density at radius 3 is 2.91 bits per heavy atom. The van der Waals surface area contributed by atoms with Gasteiger partial charge in [-0.15, -0.1) is 5.10 Å². The molecule has 0 radical (unpaired) electrons. The van der Waals surface area contributed by atoms with Crippen molar-refractivity contribution in [3.63, 3.8) is 0 Å². The van der Waals surface area contributed by atoms with Crippen molar-refractivity contribution in [2.45, 2.75) is 31.7 Å². The van der Waals surface area contributed by atoms with E-state index in [-0.39, 0.29) is 12.2 Å². The van der Waals surface area contributed by atoms with Crippen LogP contribution in [-0.2, 0) is 6.61 Å². The summed E-state index contributed by atoms with van der Waals surface area (Å²) in [6.07, 6.45) is 0. The molecule has 0 bridgehead atoms. The van der Waals surface area contributed by atoms with Crippen molar-refractivity contribution in [1.82, 2.24) is 14.6 Å². The number of benzene rings is 1. The minimum absolute atomic E-state index is 0.172. The molecular weight excluding hydrogens is 330 g/mol. The predicted octanol–water partition coefficient (Wildman–Crippen LogP) is 3.46. The maximum atomic E-state index is 12.2. The van der Waals surface area contributed by atoms with Gasteiger partial charge >= 0.3 is 0 Å². The Bertz CT molecular complexity index is 902. The highest BCUT2D eigenvalue weighted by atomic mass is 32.2. The third kappa shape index (κ3) is 3.56. The normalized spacial score (nSPS) is 11.1. The Morgan fingerprint density at radius 2 is 2.13 bits per heavy atom. The summed E-state index contributed by atoms with van der Waals surface area (Å²) >= 11 is 3.03. The number of aryl methyl sites for hydroxylation is 2. The molecule has 7 heteroatoms. The fourth-order valence-electron chi connectivity index (χ4n) is 2.11. The van der Waals surface area contributed by atoms with Gasteiger partial charge in [-0.1, -0.05) is 42.2 Å². The van der Waals surface area contributed by atoms with Gasteiger partial charge in [0.05, 0.1) is 5.69 Å². The van der Waals surface area contributed by atoms with E-state index in [0.29, 0.717) is 10.7 Å². The number of aromatic nitrogens is 3. The molecule has 2 heterocycles. The van der Waals surface area contributed by atoms with Crippen LogP contribution in [0.1, 0.15) is 23.7 Å². The summed E-state index contributed by atoms with van der Waals surface area (Å²) in [5.74, 6) is 1.73. The zero-order valence-corrected chi connectivity index (χ0v) is 14.8. The second kappa shape index (κ2) is 6.72. The van der Waals surface area contributed by atoms with Gasteiger partial charge in [-0.25, -0.2) is 4.98 Å². The van der Waals surface area contributed by atoms with E-state index >= 15 is 0 Å². The molecule has 0 amide bonds. The van der Waals surface area contributed by atoms with Crippen LogP contribution in [0.4, 0.5) is 0 Å². The lowest BCUT2D eigenvalue weighted by Gasteiger charge is -2.09. The first-order chi connectivity index (χ1) is 11.1. The average Bonchev–Trinajstić information content (AvgIpc) is 2.92. The van der Waals surface area contributed by atoms with Crippen molar-refractivity contribution in [2.75, 3.05) is 5.75 Å². The van der Waals surface area contributed by atoms with E-state index in [1.165, 1.54) is 21.9 Å². The largest absolute Gasteiger partial charge is 0.487 e. The van der Waals surface area contributed by atoms with Crippen LogP contribution in [0.2, 0.25) is 0 Å². The minimum Gasteiger partial charge on any atom is -0.487 e. The quantitative estimate of drug-likeness (QED) is 0.662. The smallest absolute Gasteiger partial charge is 0.275 e. The molecule has 23 heavy (non-hydrogen) atoms. The van der Waals surface area contributed by atoms with Crippen LogP contribution in [-0.4, -0.2) is 20.4 Å². The van der Waals surface area contributed by atoms with Gasteiger partial charge in [0.1, 0.15) is 12.4 Å². The fourth-order valence-corrected chi connectivity index (χ4v) is 3.97. The molecule has 0 aliphatic rings. The van der Waals surface area contributed by atoms with Crippen LogP contribution in [0, 0.1) is 13.8 Å². The van der Waals surface area contributed by atoms with Crippen LogP contribution in [0.3, 0.4) is 0 Å². The number of thioether (sulfide) groups is 1. The van der Waals surface area contributed by atoms with E-state index in [9.17, 15) is 4.79 Å². The molecule has 0 unspecified atom stereocenters. The van der Waals surface area contributed by atoms with E-state index in [1.54, 1.807) is 11.8 Å². The van der Waals surface area contributed by atoms with Crippen molar-refractivity contribution < 1.29 is 4.74 Å². The summed E-state index contributed by atoms with van der Waals surface area (Å²) in [7, 11) is 0. The third-order valence-electron chi connectivity index (χ3n) is 3.27. The van der Waals surface area contributed by atoms with E-state index < -0.39 is 0 Å². The molecule has 0 aliphatic carbocycles. The van der Waals surface area contributed by atoms with Crippen molar-refractivity contribution in [3.8, 4) is 5.75 Å². The third-order valence-corrected chi connectivity index (χ3v) is 5.19. The molecule has 0 spiro atoms. The highest BCUT2D eigenvalue weighted by Crippen LogP contribution is 2.23. The van der Waals surface area contributed by atoms with Crippen LogP contribution < -0.4 is 10.3 Å². The Hall–Kier alpha value is -1.86. The second-order valence-electron chi connectivity index (χ2n) is 5.14. The number of rotatable bonds is 5. The van der Waals surface area contributed by atoms with Crippen LogP contribution >= 0.6 is 23.1 Å². The van der Waals surface area contributed by atoms with E-state index in [4.69, 9.17) is 4.74 Å². The molecule has 1 aromatic carbocycles. The summed E-state index contributed by atoms with van der Waals surface area (Å²) in [4.78, 5) is 17.2. The van der Waals surface area contributed by atoms with Gasteiger partial charge in [-0.2, -0.15) is 4.52 Å². The van der Waals surface area contributed by atoms with Crippen LogP contribution in [0.25, 0.3) is 4.96 Å². The van der Waals surface area contributed by atoms with E-state index in [2.05, 4.69) is 17.0 Å². The number of hydrogen-bond acceptors (Lipinski definition) is 6. The maximum Gasteiger partial charge on any atom is 0.275 e. The SMILES string of the molecule is CCSc1nn2c(=O)cc(COc3cc(C)ccc3C)nc2s1. The summed E-state index contributed by atoms with van der Waals surface area (Å²) < 4.78 is 8.03. The lowest BCUT2D eigenvalue weighted by atomic mass is 10.1. The molecule has 0 saturated carbocycles. The van der Waals surface area contributed by atoms with Gasteiger partial charge in [-0.3, -0.25) is 4.79 Å². The first kappa shape index (κ1) is 16.0. The van der Waals surface area contributed by atoms with Gasteiger partial charge in [0, 0.05) is 6.07 Å². The van der Waals surface area contributed by atoms with Crippen LogP contribution in [0.15, 0.2) is 33.4 Å². The van der Waals surface area contributed by atoms with Gasteiger partial charge < -0.3 is 4.74 Å². The average molecular weight is 347 g/mol. The Balaban J connectivity index is 1.85. The molecule has 0 aliphatic heterocycles. The summed E-state index contributed by atoms with van der Waals surface area (Å²) in [5.41, 5.74) is 2.65. The number of hydrogen-bond donors (Lipinski definition) is 0. The highest BCUT2D eigenvalue weighted by molar-refractivity contribution is 8.01. The molecule has 0 atom stereocenters. The monoisotopic (exact) mass is 347 g/mol. The molecule has 120 valence electrons. The number of ether oxygens (including phenoxy) is 1. The zero-order chi connectivity index (χ0) is 16.4. The maximum absolute atomic E-state index is 12.2. The van der Waals surface area contributed by atoms with Crippen molar-refractivity contribution in [3.05, 3.63) is 51.4 Å². The topological polar surface area (TPSA) is 56.5 Å². The minimum atomic E-state index is -0.172. The molecule has 3 rings (SSSR count). The van der Waals surface area contributed by atoms with Crippen molar-refractivity contribution in [2.24, 2.45) is 0 Å². The van der Waals surface area contributed by atoms with Crippen molar-refractivity contribution >= 4 is 28.1 Å². The highest BCUT2D eigenvalue weighted by Gasteiger charge is 2.10. The summed E-state index contributed by atoms with van der Waals surface area (Å²) in [6.45, 7) is 6.34. The zero-order valence-electron chi connectivity index (χ0n) is 13.2. The van der Waals surface area contributed by atoms with Gasteiger partial charge in [0.25, 0.3) is 5.56 Å². The molecule has 5 nitrogen and oxygen atoms in total. The Labute approximate surface area is 142 Å². The fraction of sp³-hybridized carbons (Fsp3) is 0.312. The first-order valence-electron chi connectivity index (χ1n) is 7.29. The molecule has 0 fully saturated rings. The summed E-state index contributed by atoms with van der Waals surface area (Å²) in [5, 5.41) is 4.27. The molecular formula is C16H17N3O2S2. The molecule has 0 N–H and O–H groups in total. The number of fused-ring (bicyclic) bond motifs is 1. The lowest BCUT2D eigenvalue weighted by molar-refractivity contribution is 0.299. The van der Waals surface area contributed by atoms with E-state index in [0.717, 1.165) is 27.0 Å². The first-order valence-corrected chi connectivity index (χ1v) is 9.09. The second-order valence-corrected chi connectivity index (χ2v) is 7.61. The van der Waals surface area contributed by atoms with E-state index in [1.807, 2.05) is 32.0 Å². The molecule has 2 aromatic heterocycles. The van der Waals surface area contributed by atoms with Gasteiger partial charge in [-0.05, 0) is 36.8 Å². The Morgan fingerprint density at radius 1 is 1.30 bits per heavy atom.